The second-order valence-electron chi connectivity index (χ2n) is 5.10. The van der Waals surface area contributed by atoms with Gasteiger partial charge in [-0.05, 0) is 44.3 Å². The second kappa shape index (κ2) is 6.73. The molecule has 1 atom stereocenters. The molecule has 0 spiro atoms. The van der Waals surface area contributed by atoms with E-state index in [4.69, 9.17) is 4.52 Å². The van der Waals surface area contributed by atoms with E-state index in [2.05, 4.69) is 34.2 Å². The maximum Gasteiger partial charge on any atom is 0.266 e. The summed E-state index contributed by atoms with van der Waals surface area (Å²) < 4.78 is 5.33. The van der Waals surface area contributed by atoms with Crippen LogP contribution in [0.1, 0.15) is 45.4 Å². The van der Waals surface area contributed by atoms with Gasteiger partial charge in [0.05, 0.1) is 0 Å². The van der Waals surface area contributed by atoms with E-state index >= 15 is 0 Å². The van der Waals surface area contributed by atoms with Crippen LogP contribution in [0.25, 0.3) is 0 Å². The van der Waals surface area contributed by atoms with Gasteiger partial charge in [-0.25, -0.2) is 0 Å². The predicted molar refractivity (Wildman–Crippen MR) is 71.8 cm³/mol. The summed E-state index contributed by atoms with van der Waals surface area (Å²) >= 11 is 0. The van der Waals surface area contributed by atoms with Gasteiger partial charge in [0.15, 0.2) is 0 Å². The highest BCUT2D eigenvalue weighted by atomic mass is 16.5. The van der Waals surface area contributed by atoms with Gasteiger partial charge >= 0.3 is 0 Å². The van der Waals surface area contributed by atoms with E-state index in [1.54, 1.807) is 0 Å². The van der Waals surface area contributed by atoms with Crippen molar-refractivity contribution in [2.75, 3.05) is 24.5 Å². The SMILES string of the molecule is CCCNC(C)Cc1nc(N2CCCCC2)no1. The van der Waals surface area contributed by atoms with Gasteiger partial charge < -0.3 is 14.7 Å². The van der Waals surface area contributed by atoms with E-state index in [0.717, 1.165) is 44.3 Å². The van der Waals surface area contributed by atoms with E-state index < -0.39 is 0 Å². The standard InChI is InChI=1S/C13H24N4O/c1-3-7-14-11(2)10-12-15-13(16-18-12)17-8-5-4-6-9-17/h11,14H,3-10H2,1-2H3. The van der Waals surface area contributed by atoms with Gasteiger partial charge in [0.25, 0.3) is 5.95 Å². The molecule has 0 amide bonds. The fourth-order valence-corrected chi connectivity index (χ4v) is 2.28. The minimum Gasteiger partial charge on any atom is -0.338 e. The Bertz CT molecular complexity index is 347. The van der Waals surface area contributed by atoms with Crippen molar-refractivity contribution in [3.63, 3.8) is 0 Å². The Kier molecular flexibility index (Phi) is 4.99. The van der Waals surface area contributed by atoms with Crippen LogP contribution < -0.4 is 10.2 Å². The van der Waals surface area contributed by atoms with Crippen LogP contribution >= 0.6 is 0 Å². The number of nitrogens with zero attached hydrogens (tertiary/aromatic N) is 3. The molecule has 0 aromatic carbocycles. The Balaban J connectivity index is 1.85. The lowest BCUT2D eigenvalue weighted by Gasteiger charge is -2.24. The molecule has 1 saturated heterocycles. The number of aromatic nitrogens is 2. The van der Waals surface area contributed by atoms with E-state index in [0.29, 0.717) is 6.04 Å². The first-order valence-corrected chi connectivity index (χ1v) is 7.10. The highest BCUT2D eigenvalue weighted by Gasteiger charge is 2.17. The normalized spacial score (nSPS) is 18.0. The molecular weight excluding hydrogens is 228 g/mol. The number of rotatable bonds is 6. The maximum absolute atomic E-state index is 5.33. The van der Waals surface area contributed by atoms with Gasteiger partial charge in [0, 0.05) is 25.6 Å². The molecule has 5 nitrogen and oxygen atoms in total. The van der Waals surface area contributed by atoms with Crippen LogP contribution in [-0.2, 0) is 6.42 Å². The first kappa shape index (κ1) is 13.3. The van der Waals surface area contributed by atoms with Crippen molar-refractivity contribution in [2.45, 2.75) is 52.0 Å². The summed E-state index contributed by atoms with van der Waals surface area (Å²) in [4.78, 5) is 6.71. The number of hydrogen-bond donors (Lipinski definition) is 1. The van der Waals surface area contributed by atoms with Gasteiger partial charge in [0.2, 0.25) is 5.89 Å². The van der Waals surface area contributed by atoms with Crippen molar-refractivity contribution < 1.29 is 4.52 Å². The first-order chi connectivity index (χ1) is 8.79. The summed E-state index contributed by atoms with van der Waals surface area (Å²) in [6.45, 7) is 7.47. The van der Waals surface area contributed by atoms with Crippen molar-refractivity contribution in [2.24, 2.45) is 0 Å². The van der Waals surface area contributed by atoms with Crippen LogP contribution in [-0.4, -0.2) is 35.8 Å². The molecule has 18 heavy (non-hydrogen) atoms. The molecule has 102 valence electrons. The molecule has 5 heteroatoms. The molecule has 1 aromatic heterocycles. The Labute approximate surface area is 109 Å². The van der Waals surface area contributed by atoms with E-state index in [1.165, 1.54) is 19.3 Å². The average Bonchev–Trinajstić information content (AvgIpc) is 2.86. The topological polar surface area (TPSA) is 54.2 Å². The van der Waals surface area contributed by atoms with Crippen molar-refractivity contribution in [3.05, 3.63) is 5.89 Å². The Morgan fingerprint density at radius 1 is 1.33 bits per heavy atom. The number of anilines is 1. The van der Waals surface area contributed by atoms with Gasteiger partial charge in [0.1, 0.15) is 0 Å². The Morgan fingerprint density at radius 2 is 2.11 bits per heavy atom. The van der Waals surface area contributed by atoms with E-state index in [-0.39, 0.29) is 0 Å². The highest BCUT2D eigenvalue weighted by Crippen LogP contribution is 2.16. The molecule has 1 aliphatic rings. The van der Waals surface area contributed by atoms with Gasteiger partial charge in [-0.2, -0.15) is 4.98 Å². The Morgan fingerprint density at radius 3 is 2.83 bits per heavy atom. The van der Waals surface area contributed by atoms with Crippen LogP contribution in [0.15, 0.2) is 4.52 Å². The van der Waals surface area contributed by atoms with E-state index in [1.807, 2.05) is 0 Å². The van der Waals surface area contributed by atoms with Crippen LogP contribution in [0.4, 0.5) is 5.95 Å². The highest BCUT2D eigenvalue weighted by molar-refractivity contribution is 5.28. The van der Waals surface area contributed by atoms with Crippen molar-refractivity contribution in [1.29, 1.82) is 0 Å². The van der Waals surface area contributed by atoms with Crippen molar-refractivity contribution >= 4 is 5.95 Å². The van der Waals surface area contributed by atoms with Crippen molar-refractivity contribution in [1.82, 2.24) is 15.5 Å². The van der Waals surface area contributed by atoms with Crippen LogP contribution in [0.2, 0.25) is 0 Å². The summed E-state index contributed by atoms with van der Waals surface area (Å²) in [5, 5.41) is 7.51. The van der Waals surface area contributed by atoms with Crippen molar-refractivity contribution in [3.8, 4) is 0 Å². The third kappa shape index (κ3) is 3.70. The quantitative estimate of drug-likeness (QED) is 0.839. The fraction of sp³-hybridized carbons (Fsp3) is 0.846. The lowest BCUT2D eigenvalue weighted by molar-refractivity contribution is 0.360. The van der Waals surface area contributed by atoms with Gasteiger partial charge in [-0.15, -0.1) is 0 Å². The summed E-state index contributed by atoms with van der Waals surface area (Å²) in [5.74, 6) is 1.51. The Hall–Kier alpha value is -1.10. The largest absolute Gasteiger partial charge is 0.338 e. The van der Waals surface area contributed by atoms with Gasteiger partial charge in [-0.3, -0.25) is 0 Å². The molecule has 0 radical (unpaired) electrons. The third-order valence-electron chi connectivity index (χ3n) is 3.32. The number of piperidine rings is 1. The maximum atomic E-state index is 5.33. The molecule has 1 aromatic rings. The monoisotopic (exact) mass is 252 g/mol. The third-order valence-corrected chi connectivity index (χ3v) is 3.32. The van der Waals surface area contributed by atoms with Crippen LogP contribution in [0.5, 0.6) is 0 Å². The fourth-order valence-electron chi connectivity index (χ4n) is 2.28. The summed E-state index contributed by atoms with van der Waals surface area (Å²) in [6, 6.07) is 0.389. The predicted octanol–water partition coefficient (Wildman–Crippen LogP) is 1.99. The lowest BCUT2D eigenvalue weighted by Crippen LogP contribution is -2.30. The smallest absolute Gasteiger partial charge is 0.266 e. The van der Waals surface area contributed by atoms with Gasteiger partial charge in [-0.1, -0.05) is 6.92 Å². The zero-order valence-corrected chi connectivity index (χ0v) is 11.5. The molecule has 2 rings (SSSR count). The molecule has 1 N–H and O–H groups in total. The molecule has 0 aliphatic carbocycles. The molecule has 1 aliphatic heterocycles. The molecule has 1 unspecified atom stereocenters. The average molecular weight is 252 g/mol. The first-order valence-electron chi connectivity index (χ1n) is 7.10. The lowest BCUT2D eigenvalue weighted by atomic mass is 10.1. The second-order valence-corrected chi connectivity index (χ2v) is 5.10. The zero-order valence-electron chi connectivity index (χ0n) is 11.5. The zero-order chi connectivity index (χ0) is 12.8. The summed E-state index contributed by atoms with van der Waals surface area (Å²) in [7, 11) is 0. The van der Waals surface area contributed by atoms with Crippen LogP contribution in [0.3, 0.4) is 0 Å². The minimum absolute atomic E-state index is 0.389. The minimum atomic E-state index is 0.389. The van der Waals surface area contributed by atoms with Crippen LogP contribution in [0, 0.1) is 0 Å². The molecule has 0 saturated carbocycles. The number of hydrogen-bond acceptors (Lipinski definition) is 5. The number of nitrogens with one attached hydrogen (secondary N) is 1. The summed E-state index contributed by atoms with van der Waals surface area (Å²) in [6.07, 6.45) is 5.74. The molecule has 1 fully saturated rings. The molecule has 0 bridgehead atoms. The summed E-state index contributed by atoms with van der Waals surface area (Å²) in [5.41, 5.74) is 0. The molecule has 2 heterocycles. The van der Waals surface area contributed by atoms with E-state index in [9.17, 15) is 0 Å². The molecular formula is C13H24N4O.